The van der Waals surface area contributed by atoms with Crippen LogP contribution in [0.25, 0.3) is 10.6 Å². The number of nitrogen functional groups attached to an aromatic ring is 1. The minimum atomic E-state index is 0.545. The molecule has 0 fully saturated rings. The second-order valence-corrected chi connectivity index (χ2v) is 3.81. The van der Waals surface area contributed by atoms with Crippen LogP contribution >= 0.6 is 11.3 Å². The van der Waals surface area contributed by atoms with Crippen molar-refractivity contribution >= 4 is 16.5 Å². The third-order valence-corrected chi connectivity index (χ3v) is 2.72. The second-order valence-electron chi connectivity index (χ2n) is 2.75. The first-order valence-electron chi connectivity index (χ1n) is 4.00. The van der Waals surface area contributed by atoms with E-state index in [1.54, 1.807) is 24.2 Å². The summed E-state index contributed by atoms with van der Waals surface area (Å²) in [7, 11) is 3.47. The van der Waals surface area contributed by atoms with Gasteiger partial charge in [-0.3, -0.25) is 4.68 Å². The Morgan fingerprint density at radius 3 is 2.86 bits per heavy atom. The molecule has 0 aliphatic rings. The van der Waals surface area contributed by atoms with Crippen molar-refractivity contribution in [2.75, 3.05) is 12.8 Å². The molecule has 0 saturated heterocycles. The molecule has 0 aliphatic heterocycles. The van der Waals surface area contributed by atoms with E-state index in [1.807, 2.05) is 7.05 Å². The standard InChI is InChI=1S/C8H10N4OS/c1-12-7(5(13-2)3-11-12)6-4-10-8(9)14-6/h3-4H,1-2H3,(H2,9,10). The summed E-state index contributed by atoms with van der Waals surface area (Å²) >= 11 is 1.41. The fourth-order valence-electron chi connectivity index (χ4n) is 1.24. The molecule has 6 heteroatoms. The zero-order valence-electron chi connectivity index (χ0n) is 7.89. The Morgan fingerprint density at radius 2 is 2.29 bits per heavy atom. The molecule has 0 unspecified atom stereocenters. The number of thiazole rings is 1. The number of aryl methyl sites for hydroxylation is 1. The van der Waals surface area contributed by atoms with Gasteiger partial charge in [-0.05, 0) is 0 Å². The van der Waals surface area contributed by atoms with Gasteiger partial charge in [-0.1, -0.05) is 11.3 Å². The highest BCUT2D eigenvalue weighted by atomic mass is 32.1. The third-order valence-electron chi connectivity index (χ3n) is 1.88. The summed E-state index contributed by atoms with van der Waals surface area (Å²) in [6.07, 6.45) is 3.39. The summed E-state index contributed by atoms with van der Waals surface area (Å²) in [6, 6.07) is 0. The number of aromatic nitrogens is 3. The van der Waals surface area contributed by atoms with Crippen LogP contribution in [0.15, 0.2) is 12.4 Å². The molecule has 2 heterocycles. The number of nitrogens with zero attached hydrogens (tertiary/aromatic N) is 3. The van der Waals surface area contributed by atoms with Crippen LogP contribution in [0, 0.1) is 0 Å². The van der Waals surface area contributed by atoms with Gasteiger partial charge in [0.15, 0.2) is 10.9 Å². The molecule has 0 radical (unpaired) electrons. The van der Waals surface area contributed by atoms with Crippen molar-refractivity contribution in [3.8, 4) is 16.3 Å². The molecule has 2 aromatic heterocycles. The van der Waals surface area contributed by atoms with Gasteiger partial charge in [0.1, 0.15) is 5.69 Å². The van der Waals surface area contributed by atoms with Gasteiger partial charge in [0, 0.05) is 13.2 Å². The third kappa shape index (κ3) is 1.33. The molecule has 2 aromatic rings. The van der Waals surface area contributed by atoms with Crippen molar-refractivity contribution in [2.24, 2.45) is 7.05 Å². The normalized spacial score (nSPS) is 10.4. The van der Waals surface area contributed by atoms with E-state index in [1.165, 1.54) is 11.3 Å². The highest BCUT2D eigenvalue weighted by molar-refractivity contribution is 7.18. The SMILES string of the molecule is COc1cnn(C)c1-c1cnc(N)s1. The summed E-state index contributed by atoms with van der Waals surface area (Å²) < 4.78 is 6.93. The molecule has 0 saturated carbocycles. The van der Waals surface area contributed by atoms with Gasteiger partial charge in [0.2, 0.25) is 0 Å². The average Bonchev–Trinajstić information content (AvgIpc) is 2.71. The van der Waals surface area contributed by atoms with E-state index in [4.69, 9.17) is 10.5 Å². The van der Waals surface area contributed by atoms with E-state index in [9.17, 15) is 0 Å². The first kappa shape index (κ1) is 9.01. The van der Waals surface area contributed by atoms with Crippen LogP contribution in [0.4, 0.5) is 5.13 Å². The minimum absolute atomic E-state index is 0.545. The minimum Gasteiger partial charge on any atom is -0.493 e. The number of hydrogen-bond donors (Lipinski definition) is 1. The van der Waals surface area contributed by atoms with E-state index in [2.05, 4.69) is 10.1 Å². The number of anilines is 1. The molecule has 0 amide bonds. The van der Waals surface area contributed by atoms with Crippen LogP contribution in [0.2, 0.25) is 0 Å². The van der Waals surface area contributed by atoms with Crippen molar-refractivity contribution in [1.82, 2.24) is 14.8 Å². The fourth-order valence-corrected chi connectivity index (χ4v) is 2.01. The first-order valence-corrected chi connectivity index (χ1v) is 4.81. The molecular formula is C8H10N4OS. The maximum absolute atomic E-state index is 5.56. The number of nitrogens with two attached hydrogens (primary N) is 1. The second kappa shape index (κ2) is 3.30. The van der Waals surface area contributed by atoms with Crippen LogP contribution < -0.4 is 10.5 Å². The molecule has 2 N–H and O–H groups in total. The van der Waals surface area contributed by atoms with Gasteiger partial charge < -0.3 is 10.5 Å². The molecule has 5 nitrogen and oxygen atoms in total. The first-order chi connectivity index (χ1) is 6.72. The van der Waals surface area contributed by atoms with Crippen molar-refractivity contribution in [1.29, 1.82) is 0 Å². The number of rotatable bonds is 2. The quantitative estimate of drug-likeness (QED) is 0.807. The Kier molecular flexibility index (Phi) is 2.12. The summed E-state index contributed by atoms with van der Waals surface area (Å²) in [4.78, 5) is 4.95. The Morgan fingerprint density at radius 1 is 1.50 bits per heavy atom. The van der Waals surface area contributed by atoms with Gasteiger partial charge in [0.05, 0.1) is 18.2 Å². The molecule has 0 atom stereocenters. The van der Waals surface area contributed by atoms with Crippen molar-refractivity contribution in [3.05, 3.63) is 12.4 Å². The molecule has 2 rings (SSSR count). The van der Waals surface area contributed by atoms with Crippen LogP contribution in [-0.4, -0.2) is 21.9 Å². The molecule has 0 aromatic carbocycles. The van der Waals surface area contributed by atoms with Crippen LogP contribution in [0.3, 0.4) is 0 Å². The zero-order chi connectivity index (χ0) is 10.1. The Hall–Kier alpha value is -1.56. The van der Waals surface area contributed by atoms with Gasteiger partial charge in [0.25, 0.3) is 0 Å². The lowest BCUT2D eigenvalue weighted by atomic mass is 10.3. The van der Waals surface area contributed by atoms with E-state index < -0.39 is 0 Å². The van der Waals surface area contributed by atoms with Gasteiger partial charge in [-0.15, -0.1) is 0 Å². The molecule has 14 heavy (non-hydrogen) atoms. The number of methoxy groups -OCH3 is 1. The fraction of sp³-hybridized carbons (Fsp3) is 0.250. The van der Waals surface area contributed by atoms with Gasteiger partial charge in [-0.2, -0.15) is 5.10 Å². The largest absolute Gasteiger partial charge is 0.493 e. The lowest BCUT2D eigenvalue weighted by Crippen LogP contribution is -1.93. The summed E-state index contributed by atoms with van der Waals surface area (Å²) in [5, 5.41) is 4.65. The van der Waals surface area contributed by atoms with E-state index in [0.29, 0.717) is 5.13 Å². The molecule has 0 aliphatic carbocycles. The Balaban J connectivity index is 2.54. The maximum Gasteiger partial charge on any atom is 0.180 e. The van der Waals surface area contributed by atoms with E-state index in [0.717, 1.165) is 16.3 Å². The predicted octanol–water partition coefficient (Wildman–Crippen LogP) is 1.13. The number of ether oxygens (including phenoxy) is 1. The average molecular weight is 210 g/mol. The number of hydrogen-bond acceptors (Lipinski definition) is 5. The van der Waals surface area contributed by atoms with E-state index in [-0.39, 0.29) is 0 Å². The topological polar surface area (TPSA) is 66.0 Å². The van der Waals surface area contributed by atoms with Crippen LogP contribution in [-0.2, 0) is 7.05 Å². The van der Waals surface area contributed by atoms with E-state index >= 15 is 0 Å². The summed E-state index contributed by atoms with van der Waals surface area (Å²) in [5.41, 5.74) is 6.47. The summed E-state index contributed by atoms with van der Waals surface area (Å²) in [6.45, 7) is 0. The van der Waals surface area contributed by atoms with Gasteiger partial charge in [-0.25, -0.2) is 4.98 Å². The van der Waals surface area contributed by atoms with Crippen molar-refractivity contribution in [3.63, 3.8) is 0 Å². The molecule has 0 bridgehead atoms. The lowest BCUT2D eigenvalue weighted by molar-refractivity contribution is 0.416. The van der Waals surface area contributed by atoms with Crippen LogP contribution in [0.5, 0.6) is 5.75 Å². The zero-order valence-corrected chi connectivity index (χ0v) is 8.71. The Labute approximate surface area is 85.1 Å². The molecule has 74 valence electrons. The maximum atomic E-state index is 5.56. The van der Waals surface area contributed by atoms with Gasteiger partial charge >= 0.3 is 0 Å². The van der Waals surface area contributed by atoms with Crippen molar-refractivity contribution in [2.45, 2.75) is 0 Å². The summed E-state index contributed by atoms with van der Waals surface area (Å²) in [5.74, 6) is 0.733. The highest BCUT2D eigenvalue weighted by Crippen LogP contribution is 2.33. The highest BCUT2D eigenvalue weighted by Gasteiger charge is 2.13. The smallest absolute Gasteiger partial charge is 0.180 e. The molecular weight excluding hydrogens is 200 g/mol. The Bertz CT molecular complexity index is 448. The van der Waals surface area contributed by atoms with Crippen molar-refractivity contribution < 1.29 is 4.74 Å². The molecule has 0 spiro atoms. The lowest BCUT2D eigenvalue weighted by Gasteiger charge is -2.00. The predicted molar refractivity (Wildman–Crippen MR) is 55.3 cm³/mol. The van der Waals surface area contributed by atoms with Crippen LogP contribution in [0.1, 0.15) is 0 Å². The monoisotopic (exact) mass is 210 g/mol.